The third-order valence-corrected chi connectivity index (χ3v) is 2.22. The molecular weight excluding hydrogens is 164 g/mol. The van der Waals surface area contributed by atoms with Crippen LogP contribution in [0.3, 0.4) is 0 Å². The van der Waals surface area contributed by atoms with Crippen molar-refractivity contribution in [2.75, 3.05) is 6.61 Å². The summed E-state index contributed by atoms with van der Waals surface area (Å²) in [5.41, 5.74) is 3.97. The standard InChI is InChI=1S/C10H22N2O/c1-5-8(3)7-10(12-11)9(4)13-6-2/h9-10,12H,3,5-7,11H2,1-2,4H3. The molecule has 0 saturated carbocycles. The van der Waals surface area contributed by atoms with E-state index >= 15 is 0 Å². The number of hydrogen-bond donors (Lipinski definition) is 2. The summed E-state index contributed by atoms with van der Waals surface area (Å²) in [6, 6.07) is 0.174. The van der Waals surface area contributed by atoms with Crippen LogP contribution in [-0.2, 0) is 4.74 Å². The van der Waals surface area contributed by atoms with E-state index in [1.54, 1.807) is 0 Å². The van der Waals surface area contributed by atoms with E-state index in [-0.39, 0.29) is 12.1 Å². The molecule has 0 amide bonds. The zero-order chi connectivity index (χ0) is 10.3. The molecule has 0 aliphatic rings. The Kier molecular flexibility index (Phi) is 6.86. The van der Waals surface area contributed by atoms with E-state index in [0.29, 0.717) is 0 Å². The van der Waals surface area contributed by atoms with E-state index < -0.39 is 0 Å². The molecule has 0 spiro atoms. The highest BCUT2D eigenvalue weighted by atomic mass is 16.5. The fourth-order valence-corrected chi connectivity index (χ4v) is 1.19. The smallest absolute Gasteiger partial charge is 0.0716 e. The molecule has 13 heavy (non-hydrogen) atoms. The van der Waals surface area contributed by atoms with Crippen LogP contribution in [-0.4, -0.2) is 18.8 Å². The van der Waals surface area contributed by atoms with Gasteiger partial charge in [0, 0.05) is 6.61 Å². The average molecular weight is 186 g/mol. The molecule has 0 heterocycles. The van der Waals surface area contributed by atoms with Gasteiger partial charge in [-0.05, 0) is 26.7 Å². The van der Waals surface area contributed by atoms with E-state index in [1.807, 2.05) is 13.8 Å². The third kappa shape index (κ3) is 5.03. The third-order valence-electron chi connectivity index (χ3n) is 2.22. The normalized spacial score (nSPS) is 15.4. The number of ether oxygens (including phenoxy) is 1. The Hall–Kier alpha value is -0.380. The van der Waals surface area contributed by atoms with E-state index in [2.05, 4.69) is 18.9 Å². The first-order valence-electron chi connectivity index (χ1n) is 4.90. The molecule has 0 fully saturated rings. The highest BCUT2D eigenvalue weighted by Crippen LogP contribution is 2.11. The molecular formula is C10H22N2O. The van der Waals surface area contributed by atoms with Gasteiger partial charge < -0.3 is 4.74 Å². The van der Waals surface area contributed by atoms with Crippen LogP contribution in [0.4, 0.5) is 0 Å². The molecule has 0 rings (SSSR count). The Morgan fingerprint density at radius 3 is 2.54 bits per heavy atom. The van der Waals surface area contributed by atoms with Crippen molar-refractivity contribution in [1.29, 1.82) is 0 Å². The van der Waals surface area contributed by atoms with Gasteiger partial charge in [0.2, 0.25) is 0 Å². The molecule has 3 N–H and O–H groups in total. The van der Waals surface area contributed by atoms with Gasteiger partial charge in [0.25, 0.3) is 0 Å². The lowest BCUT2D eigenvalue weighted by Crippen LogP contribution is -2.44. The van der Waals surface area contributed by atoms with Crippen molar-refractivity contribution in [2.45, 2.75) is 45.8 Å². The Morgan fingerprint density at radius 1 is 1.54 bits per heavy atom. The summed E-state index contributed by atoms with van der Waals surface area (Å²) in [6.07, 6.45) is 2.02. The SMILES string of the molecule is C=C(CC)CC(NN)C(C)OCC. The summed E-state index contributed by atoms with van der Waals surface area (Å²) in [6.45, 7) is 10.8. The summed E-state index contributed by atoms with van der Waals surface area (Å²) < 4.78 is 5.46. The number of nitrogens with two attached hydrogens (primary N) is 1. The fourth-order valence-electron chi connectivity index (χ4n) is 1.19. The Balaban J connectivity index is 3.93. The number of nitrogens with one attached hydrogen (secondary N) is 1. The lowest BCUT2D eigenvalue weighted by atomic mass is 10.0. The maximum Gasteiger partial charge on any atom is 0.0716 e. The maximum atomic E-state index is 5.46. The van der Waals surface area contributed by atoms with Crippen molar-refractivity contribution in [3.8, 4) is 0 Å². The average Bonchev–Trinajstić information content (AvgIpc) is 2.14. The van der Waals surface area contributed by atoms with Gasteiger partial charge >= 0.3 is 0 Å². The fraction of sp³-hybridized carbons (Fsp3) is 0.800. The van der Waals surface area contributed by atoms with Gasteiger partial charge in [-0.1, -0.05) is 19.1 Å². The molecule has 0 aliphatic heterocycles. The van der Waals surface area contributed by atoms with Gasteiger partial charge in [-0.3, -0.25) is 11.3 Å². The first-order valence-corrected chi connectivity index (χ1v) is 4.90. The van der Waals surface area contributed by atoms with E-state index in [1.165, 1.54) is 5.57 Å². The Bertz CT molecular complexity index is 148. The summed E-state index contributed by atoms with van der Waals surface area (Å²) in [4.78, 5) is 0. The highest BCUT2D eigenvalue weighted by molar-refractivity contribution is 4.97. The van der Waals surface area contributed by atoms with Crippen molar-refractivity contribution in [3.63, 3.8) is 0 Å². The zero-order valence-electron chi connectivity index (χ0n) is 8.97. The lowest BCUT2D eigenvalue weighted by molar-refractivity contribution is 0.0475. The molecule has 3 heteroatoms. The van der Waals surface area contributed by atoms with Gasteiger partial charge in [0.15, 0.2) is 0 Å². The van der Waals surface area contributed by atoms with Crippen molar-refractivity contribution < 1.29 is 4.74 Å². The van der Waals surface area contributed by atoms with Crippen LogP contribution in [0.15, 0.2) is 12.2 Å². The topological polar surface area (TPSA) is 47.3 Å². The van der Waals surface area contributed by atoms with Gasteiger partial charge in [-0.15, -0.1) is 0 Å². The lowest BCUT2D eigenvalue weighted by Gasteiger charge is -2.23. The van der Waals surface area contributed by atoms with Crippen LogP contribution < -0.4 is 11.3 Å². The predicted molar refractivity (Wildman–Crippen MR) is 56.2 cm³/mol. The maximum absolute atomic E-state index is 5.46. The molecule has 0 saturated heterocycles. The van der Waals surface area contributed by atoms with Crippen LogP contribution in [0.5, 0.6) is 0 Å². The molecule has 0 bridgehead atoms. The largest absolute Gasteiger partial charge is 0.377 e. The minimum Gasteiger partial charge on any atom is -0.377 e. The quantitative estimate of drug-likeness (QED) is 0.361. The molecule has 3 nitrogen and oxygen atoms in total. The van der Waals surface area contributed by atoms with Gasteiger partial charge in [-0.2, -0.15) is 0 Å². The molecule has 2 unspecified atom stereocenters. The number of hydrazine groups is 1. The summed E-state index contributed by atoms with van der Waals surface area (Å²) >= 11 is 0. The van der Waals surface area contributed by atoms with E-state index in [4.69, 9.17) is 10.6 Å². The second-order valence-electron chi connectivity index (χ2n) is 3.24. The molecule has 0 radical (unpaired) electrons. The van der Waals surface area contributed by atoms with Gasteiger partial charge in [0.05, 0.1) is 12.1 Å². The minimum atomic E-state index is 0.137. The molecule has 0 aromatic heterocycles. The monoisotopic (exact) mass is 186 g/mol. The zero-order valence-corrected chi connectivity index (χ0v) is 8.97. The predicted octanol–water partition coefficient (Wildman–Crippen LogP) is 1.60. The highest BCUT2D eigenvalue weighted by Gasteiger charge is 2.15. The first kappa shape index (κ1) is 12.6. The summed E-state index contributed by atoms with van der Waals surface area (Å²) in [5, 5.41) is 0. The molecule has 0 aromatic rings. The molecule has 78 valence electrons. The van der Waals surface area contributed by atoms with Crippen molar-refractivity contribution in [3.05, 3.63) is 12.2 Å². The molecule has 0 aliphatic carbocycles. The molecule has 2 atom stereocenters. The van der Waals surface area contributed by atoms with Crippen LogP contribution in [0.1, 0.15) is 33.6 Å². The summed E-state index contributed by atoms with van der Waals surface area (Å²) in [5.74, 6) is 5.44. The minimum absolute atomic E-state index is 0.137. The van der Waals surface area contributed by atoms with Gasteiger partial charge in [-0.25, -0.2) is 0 Å². The second kappa shape index (κ2) is 7.06. The van der Waals surface area contributed by atoms with Crippen molar-refractivity contribution in [1.82, 2.24) is 5.43 Å². The van der Waals surface area contributed by atoms with Crippen LogP contribution >= 0.6 is 0 Å². The van der Waals surface area contributed by atoms with Crippen molar-refractivity contribution >= 4 is 0 Å². The molecule has 0 aromatic carbocycles. The second-order valence-corrected chi connectivity index (χ2v) is 3.24. The summed E-state index contributed by atoms with van der Waals surface area (Å²) in [7, 11) is 0. The Labute approximate surface area is 81.3 Å². The van der Waals surface area contributed by atoms with Crippen molar-refractivity contribution in [2.24, 2.45) is 5.84 Å². The van der Waals surface area contributed by atoms with Crippen LogP contribution in [0, 0.1) is 0 Å². The number of rotatable bonds is 7. The van der Waals surface area contributed by atoms with E-state index in [9.17, 15) is 0 Å². The number of hydrogen-bond acceptors (Lipinski definition) is 3. The van der Waals surface area contributed by atoms with Crippen LogP contribution in [0.25, 0.3) is 0 Å². The Morgan fingerprint density at radius 2 is 2.15 bits per heavy atom. The first-order chi connectivity index (χ1) is 6.15. The van der Waals surface area contributed by atoms with E-state index in [0.717, 1.165) is 19.4 Å². The van der Waals surface area contributed by atoms with Crippen LogP contribution in [0.2, 0.25) is 0 Å². The van der Waals surface area contributed by atoms with Gasteiger partial charge in [0.1, 0.15) is 0 Å².